The van der Waals surface area contributed by atoms with Gasteiger partial charge in [0.2, 0.25) is 0 Å². The normalized spacial score (nSPS) is 29.1. The first-order valence-electron chi connectivity index (χ1n) is 12.2. The Morgan fingerprint density at radius 3 is 2.43 bits per heavy atom. The van der Waals surface area contributed by atoms with E-state index < -0.39 is 71.9 Å². The van der Waals surface area contributed by atoms with Crippen LogP contribution in [0.4, 0.5) is 13.2 Å². The summed E-state index contributed by atoms with van der Waals surface area (Å²) in [6.07, 6.45) is -2.99. The van der Waals surface area contributed by atoms with Gasteiger partial charge in [-0.3, -0.25) is 9.59 Å². The Labute approximate surface area is 215 Å². The summed E-state index contributed by atoms with van der Waals surface area (Å²) in [5.74, 6) is -2.52. The zero-order valence-electron chi connectivity index (χ0n) is 22.0. The zero-order valence-corrected chi connectivity index (χ0v) is 22.0. The number of aliphatic hydroxyl groups is 2. The van der Waals surface area contributed by atoms with Crippen LogP contribution in [0.2, 0.25) is 0 Å². The van der Waals surface area contributed by atoms with Crippen molar-refractivity contribution in [3.05, 3.63) is 47.2 Å². The zero-order chi connectivity index (χ0) is 28.1. The number of ether oxygens (including phenoxy) is 1. The van der Waals surface area contributed by atoms with Gasteiger partial charge < -0.3 is 19.4 Å². The molecule has 1 aliphatic rings. The van der Waals surface area contributed by atoms with Crippen molar-refractivity contribution in [2.45, 2.75) is 85.3 Å². The summed E-state index contributed by atoms with van der Waals surface area (Å²) in [6, 6.07) is 0. The molecule has 0 fully saturated rings. The van der Waals surface area contributed by atoms with Crippen molar-refractivity contribution in [1.29, 1.82) is 0 Å². The van der Waals surface area contributed by atoms with E-state index in [0.717, 1.165) is 6.08 Å². The molecule has 0 aliphatic carbocycles. The van der Waals surface area contributed by atoms with Crippen LogP contribution in [-0.2, 0) is 14.3 Å². The first kappa shape index (κ1) is 30.5. The molecule has 0 saturated carbocycles. The van der Waals surface area contributed by atoms with Gasteiger partial charge in [-0.2, -0.15) is 13.2 Å². The van der Waals surface area contributed by atoms with Crippen LogP contribution < -0.4 is 0 Å². The molecular formula is C27H36F3NO6. The van der Waals surface area contributed by atoms with Crippen molar-refractivity contribution < 1.29 is 42.1 Å². The molecule has 7 nitrogen and oxygen atoms in total. The van der Waals surface area contributed by atoms with Crippen LogP contribution in [0.15, 0.2) is 40.1 Å². The number of nitrogens with zero attached hydrogens (tertiary/aromatic N) is 1. The lowest BCUT2D eigenvalue weighted by atomic mass is 9.73. The monoisotopic (exact) mass is 527 g/mol. The van der Waals surface area contributed by atoms with Crippen molar-refractivity contribution in [1.82, 2.24) is 4.98 Å². The van der Waals surface area contributed by atoms with Crippen molar-refractivity contribution in [3.8, 4) is 0 Å². The second-order valence-electron chi connectivity index (χ2n) is 10.2. The molecule has 1 aromatic heterocycles. The highest BCUT2D eigenvalue weighted by molar-refractivity contribution is 5.88. The fourth-order valence-corrected chi connectivity index (χ4v) is 4.17. The molecule has 1 aliphatic heterocycles. The molecule has 0 saturated heterocycles. The van der Waals surface area contributed by atoms with Gasteiger partial charge in [0.15, 0.2) is 5.89 Å². The first-order valence-corrected chi connectivity index (χ1v) is 12.2. The minimum Gasteiger partial charge on any atom is -0.457 e. The first-order chi connectivity index (χ1) is 17.0. The second kappa shape index (κ2) is 12.2. The SMILES string of the molecule is CC(=Cc1coc(C)n1)C1CC=C(C(F)(F)F)CC=CC(C)C(O)C(C)C(=O)C(C)(C)C(O)CC(=O)O1. The summed E-state index contributed by atoms with van der Waals surface area (Å²) in [5.41, 5.74) is -1.39. The molecule has 0 spiro atoms. The molecule has 206 valence electrons. The van der Waals surface area contributed by atoms with Crippen molar-refractivity contribution in [2.75, 3.05) is 0 Å². The van der Waals surface area contributed by atoms with E-state index in [9.17, 15) is 33.0 Å². The van der Waals surface area contributed by atoms with Crippen LogP contribution in [0.5, 0.6) is 0 Å². The molecule has 0 aromatic carbocycles. The summed E-state index contributed by atoms with van der Waals surface area (Å²) in [7, 11) is 0. The van der Waals surface area contributed by atoms with Crippen LogP contribution >= 0.6 is 0 Å². The lowest BCUT2D eigenvalue weighted by molar-refractivity contribution is -0.154. The lowest BCUT2D eigenvalue weighted by Crippen LogP contribution is -2.45. The van der Waals surface area contributed by atoms with Crippen molar-refractivity contribution in [3.63, 3.8) is 0 Å². The second-order valence-corrected chi connectivity index (χ2v) is 10.2. The summed E-state index contributed by atoms with van der Waals surface area (Å²) >= 11 is 0. The summed E-state index contributed by atoms with van der Waals surface area (Å²) in [5, 5.41) is 21.4. The fourth-order valence-electron chi connectivity index (χ4n) is 4.17. The Morgan fingerprint density at radius 1 is 1.22 bits per heavy atom. The number of Topliss-reactive ketones (excluding diaryl/α,β-unsaturated/α-hetero) is 1. The minimum absolute atomic E-state index is 0.277. The maximum Gasteiger partial charge on any atom is 0.412 e. The van der Waals surface area contributed by atoms with E-state index in [0.29, 0.717) is 17.2 Å². The number of rotatable bonds is 2. The number of carbonyl (C=O) groups excluding carboxylic acids is 2. The van der Waals surface area contributed by atoms with Gasteiger partial charge >= 0.3 is 12.1 Å². The molecular weight excluding hydrogens is 491 g/mol. The Morgan fingerprint density at radius 2 is 1.86 bits per heavy atom. The third-order valence-corrected chi connectivity index (χ3v) is 6.81. The van der Waals surface area contributed by atoms with E-state index in [1.54, 1.807) is 26.8 Å². The number of ketones is 1. The van der Waals surface area contributed by atoms with Gasteiger partial charge in [0.25, 0.3) is 0 Å². The molecule has 1 aromatic rings. The van der Waals surface area contributed by atoms with Gasteiger partial charge in [0, 0.05) is 30.8 Å². The predicted octanol–water partition coefficient (Wildman–Crippen LogP) is 5.12. The number of esters is 1. The van der Waals surface area contributed by atoms with Crippen molar-refractivity contribution in [2.24, 2.45) is 17.3 Å². The number of hydrogen-bond donors (Lipinski definition) is 2. The standard InChI is InChI=1S/C27H36F3NO6/c1-15-8-7-9-19(27(28,29)30)10-11-21(16(2)12-20-14-36-18(4)31-20)37-23(33)13-22(32)26(5,6)25(35)17(3)24(15)34/h7-8,10,12,14-15,17,21-22,24,32,34H,9,11,13H2,1-6H3. The van der Waals surface area contributed by atoms with E-state index in [2.05, 4.69) is 4.98 Å². The highest BCUT2D eigenvalue weighted by atomic mass is 19.4. The molecule has 2 heterocycles. The number of allylic oxidation sites excluding steroid dienone is 2. The number of cyclic esters (lactones) is 1. The van der Waals surface area contributed by atoms with Crippen LogP contribution in [-0.4, -0.2) is 51.4 Å². The van der Waals surface area contributed by atoms with Crippen LogP contribution in [0.3, 0.4) is 0 Å². The molecule has 5 atom stereocenters. The largest absolute Gasteiger partial charge is 0.457 e. The van der Waals surface area contributed by atoms with Crippen LogP contribution in [0.25, 0.3) is 6.08 Å². The highest BCUT2D eigenvalue weighted by Crippen LogP contribution is 2.33. The number of aryl methyl sites for hydroxylation is 1. The molecule has 37 heavy (non-hydrogen) atoms. The minimum atomic E-state index is -4.63. The molecule has 10 heteroatoms. The third kappa shape index (κ3) is 8.13. The van der Waals surface area contributed by atoms with Gasteiger partial charge in [0.1, 0.15) is 23.8 Å². The molecule has 2 rings (SSSR count). The van der Waals surface area contributed by atoms with E-state index >= 15 is 0 Å². The predicted molar refractivity (Wildman–Crippen MR) is 131 cm³/mol. The molecule has 0 amide bonds. The molecule has 2 N–H and O–H groups in total. The molecule has 0 bridgehead atoms. The average Bonchev–Trinajstić information content (AvgIpc) is 3.21. The van der Waals surface area contributed by atoms with E-state index in [-0.39, 0.29) is 6.42 Å². The van der Waals surface area contributed by atoms with Gasteiger partial charge in [-0.05, 0) is 25.0 Å². The Bertz CT molecular complexity index is 1050. The maximum atomic E-state index is 13.7. The highest BCUT2D eigenvalue weighted by Gasteiger charge is 2.42. The average molecular weight is 528 g/mol. The van der Waals surface area contributed by atoms with E-state index in [1.165, 1.54) is 39.2 Å². The number of aromatic nitrogens is 1. The maximum absolute atomic E-state index is 13.7. The van der Waals surface area contributed by atoms with E-state index in [4.69, 9.17) is 9.15 Å². The lowest BCUT2D eigenvalue weighted by Gasteiger charge is -2.34. The number of halogens is 3. The Balaban J connectivity index is 2.50. The summed E-state index contributed by atoms with van der Waals surface area (Å²) in [4.78, 5) is 30.0. The topological polar surface area (TPSA) is 110 Å². The fraction of sp³-hybridized carbons (Fsp3) is 0.593. The van der Waals surface area contributed by atoms with Gasteiger partial charge in [0.05, 0.1) is 24.0 Å². The number of oxazole rings is 1. The number of hydrogen-bond acceptors (Lipinski definition) is 7. The van der Waals surface area contributed by atoms with Gasteiger partial charge in [-0.15, -0.1) is 0 Å². The third-order valence-electron chi connectivity index (χ3n) is 6.81. The Kier molecular flexibility index (Phi) is 10.1. The summed E-state index contributed by atoms with van der Waals surface area (Å²) in [6.45, 7) is 9.28. The Hall–Kier alpha value is -2.72. The molecule has 0 radical (unpaired) electrons. The number of aliphatic hydroxyl groups excluding tert-OH is 2. The van der Waals surface area contributed by atoms with Gasteiger partial charge in [-0.1, -0.05) is 45.9 Å². The number of alkyl halides is 3. The van der Waals surface area contributed by atoms with E-state index in [1.807, 2.05) is 0 Å². The molecule has 5 unspecified atom stereocenters. The van der Waals surface area contributed by atoms with Gasteiger partial charge in [-0.25, -0.2) is 4.98 Å². The number of carbonyl (C=O) groups is 2. The van der Waals surface area contributed by atoms with Crippen molar-refractivity contribution >= 4 is 17.8 Å². The van der Waals surface area contributed by atoms with Crippen LogP contribution in [0.1, 0.15) is 65.5 Å². The summed E-state index contributed by atoms with van der Waals surface area (Å²) < 4.78 is 51.9. The van der Waals surface area contributed by atoms with Crippen LogP contribution in [0, 0.1) is 24.2 Å². The smallest absolute Gasteiger partial charge is 0.412 e. The quantitative estimate of drug-likeness (QED) is 0.406.